The molecule has 23 aromatic rings. The van der Waals surface area contributed by atoms with E-state index in [9.17, 15) is 9.90 Å². The predicted octanol–water partition coefficient (Wildman–Crippen LogP) is 32.6. The second-order valence-electron chi connectivity index (χ2n) is 36.5. The lowest BCUT2D eigenvalue weighted by molar-refractivity contribution is 0.0601. The standard InChI is InChI=1S/C41H32O3.C41H30O2.C30H24O4.C6H5Br/c1-40(2,3)28-21-23-35-32(25-28)29-18-12-19-31(39(29)44-35)37-33(22-24-36-38(37)30-17-10-11-20-34(30)43-36)41(42,26-13-6-4-7-14-26)27-15-8-5-9-16-27;1-40(2,3)27-18-22-34-30(24-27)28-19-20-32-38(39(28)43-34)37-31(21-23-35-36(37)29-16-10-11-17-33(29)42-35)41(32,25-12-6-4-7-13-25)26-14-8-5-9-15-26;1-30(2,3)17-12-14-24-22(16-17)18-9-7-10-20(28(18)34-24)26-21(29(31)32-4)13-15-25-27(26)19-8-5-6-11-23(19)33-25;7-6-4-2-1-3-5-6/h4-25,42H,1-3H3;4-24H,1-3H3;5-16H,1-4H3;1-5H. The SMILES string of the molecule is Brc1ccccc1.CC(C)(C)c1ccc2oc3c(-c4c(C(O)(c5ccccc5)c5ccccc5)ccc5oc6ccccc6c45)cccc3c2c1.CC(C)(C)c1ccc2oc3c4c(ccc3c2c1)C(c1ccccc1)(c1ccccc1)c1ccc2oc3ccccc3c2c1-4.COC(=O)c1ccc2oc3ccccc3c2c1-c1cccc2c1oc1ccc(C(C)(C)C)cc12. The van der Waals surface area contributed by atoms with Crippen LogP contribution in [0.2, 0.25) is 0 Å². The van der Waals surface area contributed by atoms with Gasteiger partial charge in [0.15, 0.2) is 0 Å². The molecule has 0 amide bonds. The van der Waals surface area contributed by atoms with Gasteiger partial charge in [-0.2, -0.15) is 0 Å². The monoisotopic (exact) mass is 1730 g/mol. The normalized spacial score (nSPS) is 12.8. The molecule has 1 aliphatic rings. The molecular weight excluding hydrogens is 1640 g/mol. The number of methoxy groups -OCH3 is 1. The molecular formula is C118H91BrO9. The molecule has 24 rings (SSSR count). The highest BCUT2D eigenvalue weighted by Crippen LogP contribution is 2.62. The Morgan fingerprint density at radius 2 is 0.625 bits per heavy atom. The number of rotatable bonds is 8. The fraction of sp³-hybridized carbons (Fsp3) is 0.127. The second-order valence-corrected chi connectivity index (χ2v) is 37.4. The third-order valence-electron chi connectivity index (χ3n) is 25.8. The number of fused-ring (bicyclic) bond motifs is 23. The highest BCUT2D eigenvalue weighted by molar-refractivity contribution is 9.10. The van der Waals surface area contributed by atoms with Gasteiger partial charge in [-0.3, -0.25) is 0 Å². The zero-order valence-electron chi connectivity index (χ0n) is 72.7. The van der Waals surface area contributed by atoms with Crippen LogP contribution in [-0.4, -0.2) is 18.2 Å². The van der Waals surface area contributed by atoms with Crippen LogP contribution >= 0.6 is 15.9 Å². The number of hydrogen-bond acceptors (Lipinski definition) is 9. The molecule has 0 saturated heterocycles. The zero-order chi connectivity index (χ0) is 87.7. The number of aliphatic hydroxyl groups is 1. The van der Waals surface area contributed by atoms with Crippen molar-refractivity contribution in [1.82, 2.24) is 0 Å². The molecule has 0 saturated carbocycles. The number of furan rings is 6. The Labute approximate surface area is 749 Å². The molecule has 1 N–H and O–H groups in total. The molecule has 0 aliphatic heterocycles. The van der Waals surface area contributed by atoms with Crippen molar-refractivity contribution in [1.29, 1.82) is 0 Å². The van der Waals surface area contributed by atoms with Crippen LogP contribution < -0.4 is 0 Å². The maximum atomic E-state index is 13.1. The number of esters is 1. The maximum absolute atomic E-state index is 13.1. The molecule has 0 spiro atoms. The molecule has 128 heavy (non-hydrogen) atoms. The number of hydrogen-bond donors (Lipinski definition) is 1. The summed E-state index contributed by atoms with van der Waals surface area (Å²) in [7, 11) is 1.40. The lowest BCUT2D eigenvalue weighted by Gasteiger charge is -2.33. The molecule has 6 aromatic heterocycles. The van der Waals surface area contributed by atoms with Crippen molar-refractivity contribution in [2.24, 2.45) is 0 Å². The highest BCUT2D eigenvalue weighted by Gasteiger charge is 2.49. The predicted molar refractivity (Wildman–Crippen MR) is 528 cm³/mol. The number of ether oxygens (including phenoxy) is 1. The van der Waals surface area contributed by atoms with Crippen LogP contribution in [0.1, 0.15) is 128 Å². The molecule has 1 aliphatic carbocycles. The van der Waals surface area contributed by atoms with Crippen molar-refractivity contribution in [3.05, 3.63) is 430 Å². The van der Waals surface area contributed by atoms with Gasteiger partial charge < -0.3 is 36.3 Å². The Kier molecular flexibility index (Phi) is 19.7. The number of halogens is 1. The van der Waals surface area contributed by atoms with Gasteiger partial charge in [0.25, 0.3) is 0 Å². The van der Waals surface area contributed by atoms with Crippen LogP contribution in [0.4, 0.5) is 0 Å². The molecule has 9 nitrogen and oxygen atoms in total. The van der Waals surface area contributed by atoms with Crippen LogP contribution in [0.5, 0.6) is 0 Å². The number of benzene rings is 17. The quantitative estimate of drug-likeness (QED) is 0.117. The van der Waals surface area contributed by atoms with Gasteiger partial charge in [-0.15, -0.1) is 0 Å². The minimum Gasteiger partial charge on any atom is -0.465 e. The summed E-state index contributed by atoms with van der Waals surface area (Å²) in [5.74, 6) is -0.398. The number of carbonyl (C=O) groups is 1. The minimum atomic E-state index is -1.46. The van der Waals surface area contributed by atoms with E-state index in [0.717, 1.165) is 175 Å². The fourth-order valence-corrected chi connectivity index (χ4v) is 19.8. The van der Waals surface area contributed by atoms with Gasteiger partial charge in [-0.1, -0.05) is 351 Å². The third-order valence-corrected chi connectivity index (χ3v) is 26.3. The van der Waals surface area contributed by atoms with Crippen LogP contribution in [0.15, 0.2) is 395 Å². The van der Waals surface area contributed by atoms with E-state index < -0.39 is 17.0 Å². The van der Waals surface area contributed by atoms with Gasteiger partial charge in [0.05, 0.1) is 18.1 Å². The Morgan fingerprint density at radius 1 is 0.289 bits per heavy atom. The summed E-state index contributed by atoms with van der Waals surface area (Å²) in [5, 5.41) is 25.7. The first kappa shape index (κ1) is 80.6. The molecule has 6 heterocycles. The largest absolute Gasteiger partial charge is 0.465 e. The Bertz CT molecular complexity index is 8190. The summed E-state index contributed by atoms with van der Waals surface area (Å²) in [6, 6.07) is 125. The molecule has 10 heteroatoms. The second kappa shape index (κ2) is 31.2. The number of carbonyl (C=O) groups excluding carboxylic acids is 1. The molecule has 0 fully saturated rings. The van der Waals surface area contributed by atoms with Gasteiger partial charge in [0.1, 0.15) is 72.6 Å². The third kappa shape index (κ3) is 13.3. The molecule has 0 bridgehead atoms. The Hall–Kier alpha value is -14.6. The summed E-state index contributed by atoms with van der Waals surface area (Å²) >= 11 is 3.31. The highest BCUT2D eigenvalue weighted by atomic mass is 79.9. The summed E-state index contributed by atoms with van der Waals surface area (Å²) in [4.78, 5) is 12.9. The average molecular weight is 1730 g/mol. The van der Waals surface area contributed by atoms with Crippen molar-refractivity contribution in [3.8, 4) is 33.4 Å². The first-order valence-corrected chi connectivity index (χ1v) is 44.4. The first-order valence-electron chi connectivity index (χ1n) is 43.6. The average Bonchev–Trinajstić information content (AvgIpc) is 1.51. The van der Waals surface area contributed by atoms with Crippen LogP contribution in [0, 0.1) is 0 Å². The van der Waals surface area contributed by atoms with E-state index in [2.05, 4.69) is 260 Å². The molecule has 0 unspecified atom stereocenters. The van der Waals surface area contributed by atoms with Crippen LogP contribution in [0.25, 0.3) is 165 Å². The van der Waals surface area contributed by atoms with Crippen molar-refractivity contribution in [2.75, 3.05) is 7.11 Å². The van der Waals surface area contributed by atoms with E-state index in [4.69, 9.17) is 31.2 Å². The first-order chi connectivity index (χ1) is 62.1. The summed E-state index contributed by atoms with van der Waals surface area (Å²) in [6.45, 7) is 20.1. The van der Waals surface area contributed by atoms with E-state index >= 15 is 0 Å². The lowest BCUT2D eigenvalue weighted by Crippen LogP contribution is -2.29. The van der Waals surface area contributed by atoms with Crippen LogP contribution in [-0.2, 0) is 32.0 Å². The maximum Gasteiger partial charge on any atom is 0.338 e. The van der Waals surface area contributed by atoms with E-state index in [1.807, 2.05) is 176 Å². The molecule has 624 valence electrons. The smallest absolute Gasteiger partial charge is 0.338 e. The van der Waals surface area contributed by atoms with E-state index in [1.165, 1.54) is 51.6 Å². The molecule has 0 radical (unpaired) electrons. The summed E-state index contributed by atoms with van der Waals surface area (Å²) in [5.41, 5.74) is 25.3. The lowest BCUT2D eigenvalue weighted by atomic mass is 9.67. The Morgan fingerprint density at radius 3 is 1.05 bits per heavy atom. The molecule has 17 aromatic carbocycles. The zero-order valence-corrected chi connectivity index (χ0v) is 74.3. The van der Waals surface area contributed by atoms with Gasteiger partial charge in [-0.05, 0) is 157 Å². The van der Waals surface area contributed by atoms with Gasteiger partial charge >= 0.3 is 5.97 Å². The van der Waals surface area contributed by atoms with Crippen LogP contribution in [0.3, 0.4) is 0 Å². The van der Waals surface area contributed by atoms with E-state index in [-0.39, 0.29) is 16.2 Å². The Balaban J connectivity index is 0.000000113. The van der Waals surface area contributed by atoms with Crippen molar-refractivity contribution in [3.63, 3.8) is 0 Å². The van der Waals surface area contributed by atoms with Crippen molar-refractivity contribution >= 4 is 154 Å². The molecule has 0 atom stereocenters. The van der Waals surface area contributed by atoms with E-state index in [1.54, 1.807) is 6.07 Å². The number of para-hydroxylation sites is 5. The van der Waals surface area contributed by atoms with Gasteiger partial charge in [-0.25, -0.2) is 4.79 Å². The summed E-state index contributed by atoms with van der Waals surface area (Å²) in [6.07, 6.45) is 0. The topological polar surface area (TPSA) is 125 Å². The minimum absolute atomic E-state index is 0.00568. The van der Waals surface area contributed by atoms with Crippen molar-refractivity contribution < 1.29 is 41.1 Å². The summed E-state index contributed by atoms with van der Waals surface area (Å²) < 4.78 is 45.3. The van der Waals surface area contributed by atoms with E-state index in [0.29, 0.717) is 11.1 Å². The van der Waals surface area contributed by atoms with Crippen molar-refractivity contribution in [2.45, 2.75) is 89.6 Å². The van der Waals surface area contributed by atoms with Gasteiger partial charge in [0.2, 0.25) is 0 Å². The van der Waals surface area contributed by atoms with Gasteiger partial charge in [0, 0.05) is 108 Å². The fourth-order valence-electron chi connectivity index (χ4n) is 19.5.